The van der Waals surface area contributed by atoms with Crippen LogP contribution in [0.4, 0.5) is 22.9 Å². The van der Waals surface area contributed by atoms with Gasteiger partial charge in [0.05, 0.1) is 17.6 Å². The fourth-order valence-corrected chi connectivity index (χ4v) is 3.69. The summed E-state index contributed by atoms with van der Waals surface area (Å²) in [6.07, 6.45) is 4.26. The van der Waals surface area contributed by atoms with E-state index in [1.165, 1.54) is 0 Å². The Kier molecular flexibility index (Phi) is 5.35. The number of benzene rings is 1. The van der Waals surface area contributed by atoms with Crippen LogP contribution in [0.5, 0.6) is 0 Å². The van der Waals surface area contributed by atoms with Crippen molar-refractivity contribution in [3.05, 3.63) is 35.9 Å². The first-order chi connectivity index (χ1) is 14.1. The summed E-state index contributed by atoms with van der Waals surface area (Å²) in [5, 5.41) is 6.49. The second-order valence-electron chi connectivity index (χ2n) is 7.19. The number of carbonyl (C=O) groups excluding carboxylic acids is 1. The average molecular weight is 395 g/mol. The Morgan fingerprint density at radius 1 is 1.17 bits per heavy atom. The van der Waals surface area contributed by atoms with Crippen LogP contribution in [0, 0.1) is 13.8 Å². The molecule has 2 N–H and O–H groups in total. The van der Waals surface area contributed by atoms with Gasteiger partial charge in [0.1, 0.15) is 11.3 Å². The number of nitrogens with zero attached hydrogens (tertiary/aromatic N) is 3. The minimum absolute atomic E-state index is 0.110. The highest BCUT2D eigenvalue weighted by Gasteiger charge is 2.24. The van der Waals surface area contributed by atoms with Gasteiger partial charge in [0.15, 0.2) is 11.5 Å². The van der Waals surface area contributed by atoms with Crippen LogP contribution in [0.2, 0.25) is 0 Å². The summed E-state index contributed by atoms with van der Waals surface area (Å²) in [6.45, 7) is 5.16. The highest BCUT2D eigenvalue weighted by molar-refractivity contribution is 5.86. The highest BCUT2D eigenvalue weighted by atomic mass is 16.5. The number of hydrogen-bond donors (Lipinski definition) is 2. The number of pyridine rings is 1. The highest BCUT2D eigenvalue weighted by Crippen LogP contribution is 2.33. The molecule has 1 aliphatic heterocycles. The zero-order chi connectivity index (χ0) is 20.4. The van der Waals surface area contributed by atoms with Crippen LogP contribution in [0.1, 0.15) is 24.3 Å². The lowest BCUT2D eigenvalue weighted by atomic mass is 10.1. The van der Waals surface area contributed by atoms with Crippen molar-refractivity contribution >= 4 is 40.4 Å². The van der Waals surface area contributed by atoms with Crippen LogP contribution in [-0.2, 0) is 9.53 Å². The third kappa shape index (κ3) is 3.88. The SMILES string of the molecule is CNc1cnc(Nc2cc3oc(C)nc3cc2C)cc1N(C=O)C1CCOCC1. The molecule has 0 saturated carbocycles. The topological polar surface area (TPSA) is 92.5 Å². The van der Waals surface area contributed by atoms with Crippen LogP contribution < -0.4 is 15.5 Å². The number of oxazole rings is 1. The van der Waals surface area contributed by atoms with Gasteiger partial charge in [-0.3, -0.25) is 4.79 Å². The fraction of sp³-hybridized carbons (Fsp3) is 0.381. The Bertz CT molecular complexity index is 1030. The van der Waals surface area contributed by atoms with Gasteiger partial charge in [-0.2, -0.15) is 0 Å². The fourth-order valence-electron chi connectivity index (χ4n) is 3.69. The number of nitrogens with one attached hydrogen (secondary N) is 2. The van der Waals surface area contributed by atoms with E-state index in [9.17, 15) is 4.79 Å². The number of aromatic nitrogens is 2. The number of carbonyl (C=O) groups is 1. The van der Waals surface area contributed by atoms with Crippen LogP contribution in [0.15, 0.2) is 28.8 Å². The lowest BCUT2D eigenvalue weighted by Gasteiger charge is -2.32. The van der Waals surface area contributed by atoms with E-state index in [1.807, 2.05) is 39.1 Å². The maximum Gasteiger partial charge on any atom is 0.214 e. The van der Waals surface area contributed by atoms with Crippen LogP contribution >= 0.6 is 0 Å². The number of aryl methyl sites for hydroxylation is 2. The molecule has 1 fully saturated rings. The lowest BCUT2D eigenvalue weighted by molar-refractivity contribution is -0.108. The van der Waals surface area contributed by atoms with Gasteiger partial charge in [-0.25, -0.2) is 9.97 Å². The number of ether oxygens (including phenoxy) is 1. The Morgan fingerprint density at radius 3 is 2.69 bits per heavy atom. The molecule has 152 valence electrons. The summed E-state index contributed by atoms with van der Waals surface area (Å²) >= 11 is 0. The van der Waals surface area contributed by atoms with Crippen molar-refractivity contribution in [3.63, 3.8) is 0 Å². The molecule has 0 aliphatic carbocycles. The van der Waals surface area contributed by atoms with E-state index < -0.39 is 0 Å². The molecule has 0 bridgehead atoms. The van der Waals surface area contributed by atoms with Gasteiger partial charge in [0.2, 0.25) is 6.41 Å². The standard InChI is InChI=1S/C21H25N5O3/c1-13-8-17-20(29-14(2)24-17)9-16(13)25-21-10-19(18(22-3)11-23-21)26(12-27)15-4-6-28-7-5-15/h8-12,15,22H,4-7H2,1-3H3,(H,23,25). The molecule has 3 aromatic rings. The molecule has 3 heterocycles. The zero-order valence-corrected chi connectivity index (χ0v) is 16.9. The summed E-state index contributed by atoms with van der Waals surface area (Å²) in [5.41, 5.74) is 5.06. The first-order valence-electron chi connectivity index (χ1n) is 9.73. The third-order valence-corrected chi connectivity index (χ3v) is 5.23. The normalized spacial score (nSPS) is 14.7. The molecule has 0 spiro atoms. The molecule has 8 nitrogen and oxygen atoms in total. The predicted octanol–water partition coefficient (Wildman–Crippen LogP) is 3.77. The molecule has 4 rings (SSSR count). The van der Waals surface area contributed by atoms with Gasteiger partial charge in [0, 0.05) is 51.0 Å². The van der Waals surface area contributed by atoms with Crippen LogP contribution in [0.3, 0.4) is 0 Å². The molecule has 1 amide bonds. The second-order valence-corrected chi connectivity index (χ2v) is 7.19. The van der Waals surface area contributed by atoms with Gasteiger partial charge in [-0.15, -0.1) is 0 Å². The molecule has 0 atom stereocenters. The van der Waals surface area contributed by atoms with Crippen molar-refractivity contribution in [2.75, 3.05) is 35.8 Å². The molecular weight excluding hydrogens is 370 g/mol. The Balaban J connectivity index is 1.67. The van der Waals surface area contributed by atoms with Crippen LogP contribution in [-0.4, -0.2) is 42.7 Å². The van der Waals surface area contributed by atoms with Gasteiger partial charge >= 0.3 is 0 Å². The van der Waals surface area contributed by atoms with E-state index in [0.717, 1.165) is 53.0 Å². The Hall–Kier alpha value is -3.13. The molecule has 1 saturated heterocycles. The van der Waals surface area contributed by atoms with Crippen molar-refractivity contribution in [1.29, 1.82) is 0 Å². The van der Waals surface area contributed by atoms with E-state index in [2.05, 4.69) is 20.6 Å². The lowest BCUT2D eigenvalue weighted by Crippen LogP contribution is -2.39. The molecule has 0 radical (unpaired) electrons. The number of amides is 1. The summed E-state index contributed by atoms with van der Waals surface area (Å²) in [6, 6.07) is 5.91. The third-order valence-electron chi connectivity index (χ3n) is 5.23. The maximum atomic E-state index is 11.9. The number of rotatable bonds is 6. The maximum absolute atomic E-state index is 11.9. The van der Waals surface area contributed by atoms with E-state index in [1.54, 1.807) is 11.1 Å². The average Bonchev–Trinajstić information content (AvgIpc) is 3.08. The first-order valence-corrected chi connectivity index (χ1v) is 9.73. The smallest absolute Gasteiger partial charge is 0.214 e. The second kappa shape index (κ2) is 8.08. The number of fused-ring (bicyclic) bond motifs is 1. The van der Waals surface area contributed by atoms with Crippen molar-refractivity contribution in [1.82, 2.24) is 9.97 Å². The minimum Gasteiger partial charge on any atom is -0.441 e. The van der Waals surface area contributed by atoms with Gasteiger partial charge in [-0.05, 0) is 31.4 Å². The molecule has 1 aliphatic rings. The molecule has 1 aromatic carbocycles. The van der Waals surface area contributed by atoms with Gasteiger partial charge in [0.25, 0.3) is 0 Å². The quantitative estimate of drug-likeness (QED) is 0.614. The largest absolute Gasteiger partial charge is 0.441 e. The summed E-state index contributed by atoms with van der Waals surface area (Å²) in [7, 11) is 1.82. The van der Waals surface area contributed by atoms with Gasteiger partial charge < -0.3 is 24.7 Å². The predicted molar refractivity (Wildman–Crippen MR) is 113 cm³/mol. The van der Waals surface area contributed by atoms with Gasteiger partial charge in [-0.1, -0.05) is 0 Å². The van der Waals surface area contributed by atoms with Crippen molar-refractivity contribution in [3.8, 4) is 0 Å². The summed E-state index contributed by atoms with van der Waals surface area (Å²) < 4.78 is 11.1. The number of anilines is 4. The van der Waals surface area contributed by atoms with Crippen molar-refractivity contribution in [2.45, 2.75) is 32.7 Å². The zero-order valence-electron chi connectivity index (χ0n) is 16.9. The Morgan fingerprint density at radius 2 is 1.97 bits per heavy atom. The molecule has 0 unspecified atom stereocenters. The summed E-state index contributed by atoms with van der Waals surface area (Å²) in [4.78, 5) is 22.6. The first kappa shape index (κ1) is 19.2. The molecule has 2 aromatic heterocycles. The van der Waals surface area contributed by atoms with Crippen molar-refractivity contribution in [2.24, 2.45) is 0 Å². The number of hydrogen-bond acceptors (Lipinski definition) is 7. The van der Waals surface area contributed by atoms with Crippen molar-refractivity contribution < 1.29 is 13.9 Å². The molecule has 29 heavy (non-hydrogen) atoms. The van der Waals surface area contributed by atoms with E-state index in [4.69, 9.17) is 9.15 Å². The van der Waals surface area contributed by atoms with E-state index in [-0.39, 0.29) is 6.04 Å². The minimum atomic E-state index is 0.110. The van der Waals surface area contributed by atoms with E-state index in [0.29, 0.717) is 24.9 Å². The monoisotopic (exact) mass is 395 g/mol. The van der Waals surface area contributed by atoms with E-state index >= 15 is 0 Å². The summed E-state index contributed by atoms with van der Waals surface area (Å²) in [5.74, 6) is 1.28. The Labute approximate surface area is 169 Å². The molecular formula is C21H25N5O3. The molecule has 8 heteroatoms. The van der Waals surface area contributed by atoms with Crippen LogP contribution in [0.25, 0.3) is 11.1 Å².